The zero-order valence-corrected chi connectivity index (χ0v) is 20.2. The first-order valence-electron chi connectivity index (χ1n) is 10.8. The molecule has 0 N–H and O–H groups in total. The van der Waals surface area contributed by atoms with Crippen molar-refractivity contribution in [2.24, 2.45) is 15.2 Å². The van der Waals surface area contributed by atoms with Gasteiger partial charge in [-0.2, -0.15) is 0 Å². The van der Waals surface area contributed by atoms with E-state index in [2.05, 4.69) is 91.8 Å². The molecule has 1 aliphatic heterocycles. The van der Waals surface area contributed by atoms with Gasteiger partial charge in [0.2, 0.25) is 0 Å². The first-order valence-corrected chi connectivity index (χ1v) is 12.5. The zero-order valence-electron chi connectivity index (χ0n) is 19.3. The van der Waals surface area contributed by atoms with Crippen LogP contribution in [0.25, 0.3) is 0 Å². The van der Waals surface area contributed by atoms with Crippen LogP contribution < -0.4 is 4.90 Å². The van der Waals surface area contributed by atoms with Gasteiger partial charge in [0, 0.05) is 29.1 Å². The number of para-hydroxylation sites is 1. The second-order valence-corrected chi connectivity index (χ2v) is 14.5. The highest BCUT2D eigenvalue weighted by Crippen LogP contribution is 2.72. The van der Waals surface area contributed by atoms with Crippen molar-refractivity contribution in [1.29, 1.82) is 0 Å². The Morgan fingerprint density at radius 3 is 1.90 bits per heavy atom. The van der Waals surface area contributed by atoms with Gasteiger partial charge in [0.15, 0.2) is 0 Å². The Hall–Kier alpha value is -1.97. The Kier molecular flexibility index (Phi) is 6.84. The van der Waals surface area contributed by atoms with Crippen LogP contribution in [0.5, 0.6) is 0 Å². The number of hydrogen-bond acceptors (Lipinski definition) is 2. The first kappa shape index (κ1) is 22.7. The Labute approximate surface area is 182 Å². The fourth-order valence-corrected chi connectivity index (χ4v) is 9.95. The molecule has 1 fully saturated rings. The van der Waals surface area contributed by atoms with Crippen LogP contribution in [0.15, 0.2) is 75.9 Å². The summed E-state index contributed by atoms with van der Waals surface area (Å²) in [5.41, 5.74) is 2.11. The van der Waals surface area contributed by atoms with Gasteiger partial charge in [0.05, 0.1) is 19.6 Å². The molecule has 0 saturated carbocycles. The van der Waals surface area contributed by atoms with Crippen molar-refractivity contribution < 1.29 is 0 Å². The summed E-state index contributed by atoms with van der Waals surface area (Å²) in [6.45, 7) is 16.9. The molecular weight excluding hydrogens is 389 g/mol. The molecule has 1 heterocycles. The van der Waals surface area contributed by atoms with Crippen molar-refractivity contribution in [2.45, 2.75) is 58.3 Å². The molecular formula is C24H36N5P. The van der Waals surface area contributed by atoms with Gasteiger partial charge in [0.1, 0.15) is 0 Å². The molecule has 5 nitrogen and oxygen atoms in total. The quantitative estimate of drug-likeness (QED) is 0.288. The van der Waals surface area contributed by atoms with E-state index in [4.69, 9.17) is 4.85 Å². The minimum atomic E-state index is -2.08. The molecule has 30 heavy (non-hydrogen) atoms. The summed E-state index contributed by atoms with van der Waals surface area (Å²) in [5, 5.41) is 8.84. The van der Waals surface area contributed by atoms with Gasteiger partial charge in [0.25, 0.3) is 0 Å². The molecule has 0 radical (unpaired) electrons. The lowest BCUT2D eigenvalue weighted by Crippen LogP contribution is -2.49. The Morgan fingerprint density at radius 1 is 0.767 bits per heavy atom. The monoisotopic (exact) mass is 425 g/mol. The summed E-state index contributed by atoms with van der Waals surface area (Å²) in [6, 6.07) is 20.6. The first-order chi connectivity index (χ1) is 14.1. The number of rotatable bonds is 4. The Balaban J connectivity index is 2.04. The molecule has 0 aromatic heterocycles. The molecule has 0 amide bonds. The maximum atomic E-state index is 5.11. The van der Waals surface area contributed by atoms with Crippen molar-refractivity contribution >= 4 is 18.6 Å². The van der Waals surface area contributed by atoms with Crippen molar-refractivity contribution in [3.05, 3.63) is 60.7 Å². The molecule has 1 aliphatic rings. The van der Waals surface area contributed by atoms with Crippen LogP contribution in [0, 0.1) is 0 Å². The molecule has 3 rings (SSSR count). The third kappa shape index (κ3) is 4.68. The van der Waals surface area contributed by atoms with Crippen molar-refractivity contribution in [3.63, 3.8) is 0 Å². The summed E-state index contributed by atoms with van der Waals surface area (Å²) < 4.78 is 2.62. The molecule has 2 aromatic carbocycles. The lowest BCUT2D eigenvalue weighted by atomic mass is 10.2. The van der Waals surface area contributed by atoms with Crippen molar-refractivity contribution in [1.82, 2.24) is 4.67 Å². The summed E-state index contributed by atoms with van der Waals surface area (Å²) in [4.78, 5) is 7.59. The molecule has 0 aliphatic carbocycles. The predicted octanol–water partition coefficient (Wildman–Crippen LogP) is 7.57. The lowest BCUT2D eigenvalue weighted by molar-refractivity contribution is 0.366. The molecule has 2 aromatic rings. The fraction of sp³-hybridized carbons (Fsp3) is 0.500. The normalized spacial score (nSPS) is 16.8. The van der Waals surface area contributed by atoms with E-state index in [9.17, 15) is 0 Å². The van der Waals surface area contributed by atoms with Crippen molar-refractivity contribution in [2.75, 3.05) is 24.7 Å². The highest BCUT2D eigenvalue weighted by Gasteiger charge is 2.49. The smallest absolute Gasteiger partial charge is 0.0875 e. The summed E-state index contributed by atoms with van der Waals surface area (Å²) in [6.07, 6.45) is 1.12. The van der Waals surface area contributed by atoms with E-state index < -0.39 is 7.21 Å². The van der Waals surface area contributed by atoms with Crippen LogP contribution in [0.2, 0.25) is 0 Å². The van der Waals surface area contributed by atoms with E-state index in [0.717, 1.165) is 31.9 Å². The predicted molar refractivity (Wildman–Crippen MR) is 130 cm³/mol. The third-order valence-electron chi connectivity index (χ3n) is 5.67. The molecule has 6 heteroatoms. The van der Waals surface area contributed by atoms with Gasteiger partial charge in [-0.25, -0.2) is 4.67 Å². The largest absolute Gasteiger partial charge is 0.358 e. The second kappa shape index (κ2) is 9.03. The van der Waals surface area contributed by atoms with Crippen LogP contribution in [-0.2, 0) is 0 Å². The van der Waals surface area contributed by atoms with E-state index in [1.54, 1.807) is 0 Å². The van der Waals surface area contributed by atoms with Gasteiger partial charge >= 0.3 is 0 Å². The van der Waals surface area contributed by atoms with Gasteiger partial charge in [-0.3, -0.25) is 0 Å². The van der Waals surface area contributed by atoms with E-state index >= 15 is 0 Å². The van der Waals surface area contributed by atoms with E-state index in [1.165, 1.54) is 5.69 Å². The lowest BCUT2D eigenvalue weighted by Gasteiger charge is -2.54. The summed E-state index contributed by atoms with van der Waals surface area (Å²) >= 11 is 0. The van der Waals surface area contributed by atoms with Crippen LogP contribution >= 0.6 is 7.21 Å². The van der Waals surface area contributed by atoms with Gasteiger partial charge in [-0.1, -0.05) is 77.9 Å². The number of anilines is 1. The summed E-state index contributed by atoms with van der Waals surface area (Å²) in [5.74, 6) is 0. The van der Waals surface area contributed by atoms with Crippen LogP contribution in [0.3, 0.4) is 0 Å². The van der Waals surface area contributed by atoms with Gasteiger partial charge in [-0.05, 0) is 35.9 Å². The molecule has 0 spiro atoms. The maximum Gasteiger partial charge on any atom is 0.0875 e. The van der Waals surface area contributed by atoms with Crippen LogP contribution in [-0.4, -0.2) is 34.7 Å². The fourth-order valence-electron chi connectivity index (χ4n) is 4.67. The maximum absolute atomic E-state index is 5.11. The van der Waals surface area contributed by atoms with Crippen LogP contribution in [0.4, 0.5) is 11.4 Å². The number of hydrogen-bond donors (Lipinski definition) is 0. The highest BCUT2D eigenvalue weighted by molar-refractivity contribution is 7.67. The average molecular weight is 426 g/mol. The van der Waals surface area contributed by atoms with Crippen molar-refractivity contribution in [3.8, 4) is 0 Å². The Bertz CT molecular complexity index is 877. The molecule has 0 atom stereocenters. The average Bonchev–Trinajstić information content (AvgIpc) is 2.71. The van der Waals surface area contributed by atoms with E-state index in [1.807, 2.05) is 30.3 Å². The molecule has 1 saturated heterocycles. The number of nitrogens with zero attached hydrogens (tertiary/aromatic N) is 5. The minimum Gasteiger partial charge on any atom is -0.358 e. The van der Waals surface area contributed by atoms with E-state index in [0.29, 0.717) is 0 Å². The Morgan fingerprint density at radius 2 is 1.33 bits per heavy atom. The van der Waals surface area contributed by atoms with Crippen LogP contribution in [0.1, 0.15) is 48.0 Å². The number of benzene rings is 2. The molecule has 0 bridgehead atoms. The standard InChI is InChI=1S/C24H36N5P/c1-23(2,3)30(24(4,5)6,27-26-25-21-14-9-7-10-15-21)29-19-13-18-28(20-29)22-16-11-8-12-17-22/h7-12,14-17H,13,18-20H2,1-6H3. The zero-order chi connectivity index (χ0) is 21.8. The van der Waals surface area contributed by atoms with E-state index in [-0.39, 0.29) is 10.3 Å². The molecule has 0 unspecified atom stereocenters. The topological polar surface area (TPSA) is 43.6 Å². The van der Waals surface area contributed by atoms with Gasteiger partial charge in [-0.15, -0.1) is 9.97 Å². The highest BCUT2D eigenvalue weighted by atomic mass is 31.2. The second-order valence-electron chi connectivity index (χ2n) is 9.88. The minimum absolute atomic E-state index is 0.0271. The SMILES string of the molecule is CC(C)(C)P(=NN=Nc1ccccc1)(N1CCCN(c2ccccc2)C1)C(C)(C)C. The summed E-state index contributed by atoms with van der Waals surface area (Å²) in [7, 11) is -2.08. The third-order valence-corrected chi connectivity index (χ3v) is 10.9. The van der Waals surface area contributed by atoms with Gasteiger partial charge < -0.3 is 4.90 Å². The molecule has 162 valence electrons.